The molecule has 1 aromatic heterocycles. The summed E-state index contributed by atoms with van der Waals surface area (Å²) in [5, 5.41) is 4.52. The van der Waals surface area contributed by atoms with Gasteiger partial charge in [-0.1, -0.05) is 176 Å². The highest BCUT2D eigenvalue weighted by Gasteiger charge is 2.20. The highest BCUT2D eigenvalue weighted by molar-refractivity contribution is 6.19. The van der Waals surface area contributed by atoms with Gasteiger partial charge in [0.15, 0.2) is 0 Å². The zero-order valence-corrected chi connectivity index (χ0v) is 30.0. The van der Waals surface area contributed by atoms with Crippen LogP contribution < -0.4 is 4.90 Å². The summed E-state index contributed by atoms with van der Waals surface area (Å²) in [7, 11) is 0. The minimum absolute atomic E-state index is 0.875. The van der Waals surface area contributed by atoms with Crippen LogP contribution in [0, 0.1) is 0 Å². The van der Waals surface area contributed by atoms with Crippen LogP contribution >= 0.6 is 0 Å². The normalized spacial score (nSPS) is 11.3. The van der Waals surface area contributed by atoms with Crippen molar-refractivity contribution < 1.29 is 0 Å². The van der Waals surface area contributed by atoms with Crippen molar-refractivity contribution in [1.29, 1.82) is 0 Å². The van der Waals surface area contributed by atoms with E-state index in [0.717, 1.165) is 77.7 Å². The third kappa shape index (κ3) is 5.98. The maximum Gasteiger partial charge on any atom is 0.0979 e. The van der Waals surface area contributed by atoms with E-state index in [1.807, 2.05) is 12.1 Å². The van der Waals surface area contributed by atoms with Gasteiger partial charge in [0, 0.05) is 33.5 Å². The molecule has 258 valence electrons. The number of rotatable bonds is 7. The minimum Gasteiger partial charge on any atom is -0.310 e. The van der Waals surface area contributed by atoms with E-state index in [1.54, 1.807) is 0 Å². The molecule has 0 atom stereocenters. The van der Waals surface area contributed by atoms with Gasteiger partial charge in [-0.15, -0.1) is 0 Å². The van der Waals surface area contributed by atoms with Gasteiger partial charge in [-0.25, -0.2) is 9.97 Å². The fourth-order valence-electron chi connectivity index (χ4n) is 7.78. The van der Waals surface area contributed by atoms with Crippen molar-refractivity contribution in [3.8, 4) is 44.8 Å². The predicted octanol–water partition coefficient (Wildman–Crippen LogP) is 14.1. The second-order valence-electron chi connectivity index (χ2n) is 13.8. The third-order valence-electron chi connectivity index (χ3n) is 10.4. The number of nitrogens with zero attached hydrogens (tertiary/aromatic N) is 3. The van der Waals surface area contributed by atoms with Crippen LogP contribution in [0.25, 0.3) is 77.3 Å². The lowest BCUT2D eigenvalue weighted by Crippen LogP contribution is -2.11. The number of benzene rings is 9. The summed E-state index contributed by atoms with van der Waals surface area (Å²) in [4.78, 5) is 13.1. The van der Waals surface area contributed by atoms with Gasteiger partial charge in [-0.3, -0.25) is 0 Å². The van der Waals surface area contributed by atoms with Gasteiger partial charge in [0.2, 0.25) is 0 Å². The average Bonchev–Trinajstić information content (AvgIpc) is 3.27. The summed E-state index contributed by atoms with van der Waals surface area (Å²) in [6.45, 7) is 0. The van der Waals surface area contributed by atoms with Gasteiger partial charge >= 0.3 is 0 Å². The van der Waals surface area contributed by atoms with Crippen LogP contribution in [-0.2, 0) is 0 Å². The first-order valence-electron chi connectivity index (χ1n) is 18.7. The zero-order chi connectivity index (χ0) is 36.6. The fourth-order valence-corrected chi connectivity index (χ4v) is 7.78. The number of fused-ring (bicyclic) bond motifs is 5. The van der Waals surface area contributed by atoms with Crippen molar-refractivity contribution in [1.82, 2.24) is 9.97 Å². The lowest BCUT2D eigenvalue weighted by Gasteiger charge is -2.28. The largest absolute Gasteiger partial charge is 0.310 e. The molecule has 0 unspecified atom stereocenters. The predicted molar refractivity (Wildman–Crippen MR) is 231 cm³/mol. The molecule has 10 aromatic rings. The molecule has 0 bridgehead atoms. The highest BCUT2D eigenvalue weighted by atomic mass is 15.1. The average molecular weight is 702 g/mol. The number of hydrogen-bond acceptors (Lipinski definition) is 3. The molecule has 55 heavy (non-hydrogen) atoms. The molecule has 0 radical (unpaired) electrons. The topological polar surface area (TPSA) is 29.0 Å². The van der Waals surface area contributed by atoms with Crippen molar-refractivity contribution in [3.05, 3.63) is 212 Å². The Kier molecular flexibility index (Phi) is 8.16. The van der Waals surface area contributed by atoms with Crippen LogP contribution in [0.3, 0.4) is 0 Å². The Hall–Kier alpha value is -7.36. The summed E-state index contributed by atoms with van der Waals surface area (Å²) in [5.41, 5.74) is 13.6. The molecule has 9 aromatic carbocycles. The third-order valence-corrected chi connectivity index (χ3v) is 10.4. The first kappa shape index (κ1) is 32.3. The Morgan fingerprint density at radius 3 is 1.53 bits per heavy atom. The number of aromatic nitrogens is 2. The minimum atomic E-state index is 0.875. The molecule has 0 amide bonds. The molecule has 10 rings (SSSR count). The van der Waals surface area contributed by atoms with E-state index >= 15 is 0 Å². The molecular formula is C52H35N3. The van der Waals surface area contributed by atoms with Crippen LogP contribution in [0.5, 0.6) is 0 Å². The standard InChI is InChI=1S/C52H35N3/c1-5-15-36(16-6-1)37-27-30-43(31-28-37)55(48-24-14-13-23-45(48)38-17-7-2-8-18-38)44-32-33-46-42(35-44)26-25-39-29-34-47-52(49(39)46)54-51(41-21-11-4-12-22-41)50(53-47)40-19-9-3-10-20-40/h1-35H. The second kappa shape index (κ2) is 13.9. The van der Waals surface area contributed by atoms with Crippen molar-refractivity contribution >= 4 is 49.6 Å². The van der Waals surface area contributed by atoms with E-state index in [1.165, 1.54) is 16.7 Å². The Bertz CT molecular complexity index is 2940. The Morgan fingerprint density at radius 1 is 0.345 bits per heavy atom. The van der Waals surface area contributed by atoms with Gasteiger partial charge < -0.3 is 4.90 Å². The molecule has 0 N–H and O–H groups in total. The van der Waals surface area contributed by atoms with E-state index in [2.05, 4.69) is 205 Å². The smallest absolute Gasteiger partial charge is 0.0979 e. The van der Waals surface area contributed by atoms with Crippen LogP contribution in [0.1, 0.15) is 0 Å². The quantitative estimate of drug-likeness (QED) is 0.155. The van der Waals surface area contributed by atoms with E-state index in [-0.39, 0.29) is 0 Å². The maximum atomic E-state index is 5.46. The molecule has 0 fully saturated rings. The molecule has 3 heteroatoms. The molecule has 0 saturated carbocycles. The van der Waals surface area contributed by atoms with Gasteiger partial charge in [-0.05, 0) is 69.2 Å². The van der Waals surface area contributed by atoms with Crippen molar-refractivity contribution in [2.45, 2.75) is 0 Å². The van der Waals surface area contributed by atoms with Gasteiger partial charge in [0.25, 0.3) is 0 Å². The molecular weight excluding hydrogens is 667 g/mol. The monoisotopic (exact) mass is 701 g/mol. The number of hydrogen-bond donors (Lipinski definition) is 0. The fraction of sp³-hybridized carbons (Fsp3) is 0. The Morgan fingerprint density at radius 2 is 0.855 bits per heavy atom. The molecule has 0 spiro atoms. The van der Waals surface area contributed by atoms with E-state index in [0.29, 0.717) is 0 Å². The van der Waals surface area contributed by atoms with Crippen LogP contribution in [0.15, 0.2) is 212 Å². The lowest BCUT2D eigenvalue weighted by molar-refractivity contribution is 1.29. The molecule has 0 aliphatic heterocycles. The Balaban J connectivity index is 1.18. The van der Waals surface area contributed by atoms with E-state index < -0.39 is 0 Å². The van der Waals surface area contributed by atoms with Crippen molar-refractivity contribution in [3.63, 3.8) is 0 Å². The summed E-state index contributed by atoms with van der Waals surface area (Å²) in [6.07, 6.45) is 0. The SMILES string of the molecule is c1ccc(-c2ccc(N(c3ccc4c(ccc5ccc6nc(-c7ccccc7)c(-c7ccccc7)nc6c54)c3)c3ccccc3-c3ccccc3)cc2)cc1. The van der Waals surface area contributed by atoms with Gasteiger partial charge in [-0.2, -0.15) is 0 Å². The molecule has 0 aliphatic rings. The van der Waals surface area contributed by atoms with Crippen LogP contribution in [0.4, 0.5) is 17.1 Å². The summed E-state index contributed by atoms with van der Waals surface area (Å²) in [6, 6.07) is 75.1. The number of anilines is 3. The summed E-state index contributed by atoms with van der Waals surface area (Å²) >= 11 is 0. The zero-order valence-electron chi connectivity index (χ0n) is 30.0. The first-order valence-corrected chi connectivity index (χ1v) is 18.7. The number of para-hydroxylation sites is 1. The van der Waals surface area contributed by atoms with E-state index in [4.69, 9.17) is 9.97 Å². The second-order valence-corrected chi connectivity index (χ2v) is 13.8. The van der Waals surface area contributed by atoms with E-state index in [9.17, 15) is 0 Å². The Labute approximate surface area is 320 Å². The molecule has 3 nitrogen and oxygen atoms in total. The maximum absolute atomic E-state index is 5.46. The summed E-state index contributed by atoms with van der Waals surface area (Å²) < 4.78 is 0. The molecule has 1 heterocycles. The molecule has 0 aliphatic carbocycles. The van der Waals surface area contributed by atoms with Crippen LogP contribution in [0.2, 0.25) is 0 Å². The van der Waals surface area contributed by atoms with Crippen LogP contribution in [-0.4, -0.2) is 9.97 Å². The van der Waals surface area contributed by atoms with Gasteiger partial charge in [0.05, 0.1) is 28.1 Å². The lowest BCUT2D eigenvalue weighted by atomic mass is 9.97. The highest BCUT2D eigenvalue weighted by Crippen LogP contribution is 2.43. The summed E-state index contributed by atoms with van der Waals surface area (Å²) in [5.74, 6) is 0. The van der Waals surface area contributed by atoms with Crippen molar-refractivity contribution in [2.24, 2.45) is 0 Å². The first-order chi connectivity index (χ1) is 27.3. The van der Waals surface area contributed by atoms with Gasteiger partial charge in [0.1, 0.15) is 0 Å². The molecule has 0 saturated heterocycles. The van der Waals surface area contributed by atoms with Crippen molar-refractivity contribution in [2.75, 3.05) is 4.90 Å².